The molecular formula is C15H23NO2. The Labute approximate surface area is 110 Å². The molecule has 0 heterocycles. The van der Waals surface area contributed by atoms with Crippen molar-refractivity contribution in [2.75, 3.05) is 25.6 Å². The van der Waals surface area contributed by atoms with Gasteiger partial charge in [0.05, 0.1) is 18.4 Å². The van der Waals surface area contributed by atoms with Gasteiger partial charge in [0, 0.05) is 13.6 Å². The van der Waals surface area contributed by atoms with Gasteiger partial charge in [0.15, 0.2) is 0 Å². The molecule has 0 aliphatic carbocycles. The van der Waals surface area contributed by atoms with E-state index >= 15 is 0 Å². The molecule has 1 rings (SSSR count). The van der Waals surface area contributed by atoms with Crippen LogP contribution in [0.3, 0.4) is 0 Å². The Kier molecular flexibility index (Phi) is 6.26. The third kappa shape index (κ3) is 4.06. The number of benzene rings is 1. The molecule has 1 aromatic rings. The van der Waals surface area contributed by atoms with E-state index in [4.69, 9.17) is 4.74 Å². The predicted molar refractivity (Wildman–Crippen MR) is 75.2 cm³/mol. The van der Waals surface area contributed by atoms with Crippen LogP contribution >= 0.6 is 0 Å². The van der Waals surface area contributed by atoms with Crippen LogP contribution in [0.1, 0.15) is 43.0 Å². The second-order valence-electron chi connectivity index (χ2n) is 4.49. The van der Waals surface area contributed by atoms with Crippen LogP contribution < -0.4 is 4.90 Å². The van der Waals surface area contributed by atoms with E-state index in [9.17, 15) is 4.79 Å². The van der Waals surface area contributed by atoms with E-state index in [-0.39, 0.29) is 5.97 Å². The van der Waals surface area contributed by atoms with Crippen LogP contribution in [0, 0.1) is 0 Å². The van der Waals surface area contributed by atoms with Crippen LogP contribution in [0.2, 0.25) is 0 Å². The Morgan fingerprint density at radius 3 is 2.61 bits per heavy atom. The molecule has 0 atom stereocenters. The third-order valence-electron chi connectivity index (χ3n) is 3.07. The molecule has 0 N–H and O–H groups in total. The SMILES string of the molecule is CCCCCCN(C)c1ccccc1C(=O)OC. The zero-order valence-electron chi connectivity index (χ0n) is 11.6. The number of ether oxygens (including phenoxy) is 1. The summed E-state index contributed by atoms with van der Waals surface area (Å²) < 4.78 is 4.80. The van der Waals surface area contributed by atoms with Crippen molar-refractivity contribution >= 4 is 11.7 Å². The molecule has 0 bridgehead atoms. The van der Waals surface area contributed by atoms with Crippen LogP contribution in [0.25, 0.3) is 0 Å². The molecule has 3 heteroatoms. The van der Waals surface area contributed by atoms with Crippen molar-refractivity contribution in [3.05, 3.63) is 29.8 Å². The van der Waals surface area contributed by atoms with Crippen molar-refractivity contribution in [2.45, 2.75) is 32.6 Å². The van der Waals surface area contributed by atoms with Crippen LogP contribution in [-0.4, -0.2) is 26.7 Å². The first kappa shape index (κ1) is 14.6. The highest BCUT2D eigenvalue weighted by Crippen LogP contribution is 2.20. The summed E-state index contributed by atoms with van der Waals surface area (Å²) in [6.07, 6.45) is 4.90. The van der Waals surface area contributed by atoms with Gasteiger partial charge in [-0.2, -0.15) is 0 Å². The van der Waals surface area contributed by atoms with Gasteiger partial charge in [0.25, 0.3) is 0 Å². The van der Waals surface area contributed by atoms with Gasteiger partial charge < -0.3 is 9.64 Å². The third-order valence-corrected chi connectivity index (χ3v) is 3.07. The van der Waals surface area contributed by atoms with E-state index in [1.807, 2.05) is 31.3 Å². The first-order valence-electron chi connectivity index (χ1n) is 6.59. The van der Waals surface area contributed by atoms with Crippen LogP contribution in [0.15, 0.2) is 24.3 Å². The summed E-state index contributed by atoms with van der Waals surface area (Å²) in [4.78, 5) is 13.8. The summed E-state index contributed by atoms with van der Waals surface area (Å²) in [7, 11) is 3.44. The monoisotopic (exact) mass is 249 g/mol. The second kappa shape index (κ2) is 7.75. The molecule has 0 amide bonds. The largest absolute Gasteiger partial charge is 0.465 e. The van der Waals surface area contributed by atoms with Gasteiger partial charge in [-0.1, -0.05) is 38.3 Å². The fourth-order valence-electron chi connectivity index (χ4n) is 1.99. The second-order valence-corrected chi connectivity index (χ2v) is 4.49. The van der Waals surface area contributed by atoms with Crippen LogP contribution in [0.4, 0.5) is 5.69 Å². The Bertz CT molecular complexity index is 377. The van der Waals surface area contributed by atoms with Gasteiger partial charge in [-0.15, -0.1) is 0 Å². The number of nitrogens with zero attached hydrogens (tertiary/aromatic N) is 1. The fraction of sp³-hybridized carbons (Fsp3) is 0.533. The molecule has 3 nitrogen and oxygen atoms in total. The van der Waals surface area contributed by atoms with Crippen molar-refractivity contribution in [3.63, 3.8) is 0 Å². The zero-order chi connectivity index (χ0) is 13.4. The summed E-state index contributed by atoms with van der Waals surface area (Å²) >= 11 is 0. The number of hydrogen-bond donors (Lipinski definition) is 0. The molecule has 1 aromatic carbocycles. The normalized spacial score (nSPS) is 10.2. The standard InChI is InChI=1S/C15H23NO2/c1-4-5-6-9-12-16(2)14-11-8-7-10-13(14)15(17)18-3/h7-8,10-11H,4-6,9,12H2,1-3H3. The summed E-state index contributed by atoms with van der Waals surface area (Å²) in [6, 6.07) is 7.58. The van der Waals surface area contributed by atoms with E-state index in [1.54, 1.807) is 0 Å². The number of unbranched alkanes of at least 4 members (excludes halogenated alkanes) is 3. The first-order chi connectivity index (χ1) is 8.70. The maximum atomic E-state index is 11.7. The Hall–Kier alpha value is -1.51. The van der Waals surface area contributed by atoms with Gasteiger partial charge in [-0.05, 0) is 18.6 Å². The van der Waals surface area contributed by atoms with Gasteiger partial charge in [0.1, 0.15) is 0 Å². The number of esters is 1. The number of carbonyl (C=O) groups is 1. The molecule has 0 aliphatic rings. The summed E-state index contributed by atoms with van der Waals surface area (Å²) in [5.74, 6) is -0.272. The number of rotatable bonds is 7. The average molecular weight is 249 g/mol. The molecule has 18 heavy (non-hydrogen) atoms. The van der Waals surface area contributed by atoms with E-state index in [0.717, 1.165) is 18.7 Å². The minimum atomic E-state index is -0.272. The summed E-state index contributed by atoms with van der Waals surface area (Å²) in [5.41, 5.74) is 1.58. The van der Waals surface area contributed by atoms with E-state index in [0.29, 0.717) is 5.56 Å². The van der Waals surface area contributed by atoms with Crippen molar-refractivity contribution in [3.8, 4) is 0 Å². The number of carbonyl (C=O) groups excluding carboxylic acids is 1. The number of hydrogen-bond acceptors (Lipinski definition) is 3. The molecule has 0 spiro atoms. The lowest BCUT2D eigenvalue weighted by molar-refractivity contribution is 0.0601. The van der Waals surface area contributed by atoms with E-state index in [2.05, 4.69) is 11.8 Å². The molecule has 100 valence electrons. The zero-order valence-corrected chi connectivity index (χ0v) is 11.6. The van der Waals surface area contributed by atoms with Gasteiger partial charge in [-0.3, -0.25) is 0 Å². The van der Waals surface area contributed by atoms with Crippen molar-refractivity contribution in [2.24, 2.45) is 0 Å². The average Bonchev–Trinajstić information content (AvgIpc) is 2.42. The molecule has 0 fully saturated rings. The molecule has 0 aromatic heterocycles. The fourth-order valence-corrected chi connectivity index (χ4v) is 1.99. The number of para-hydroxylation sites is 1. The Morgan fingerprint density at radius 2 is 1.94 bits per heavy atom. The quantitative estimate of drug-likeness (QED) is 0.547. The maximum Gasteiger partial charge on any atom is 0.339 e. The molecule has 0 aliphatic heterocycles. The topological polar surface area (TPSA) is 29.5 Å². The van der Waals surface area contributed by atoms with Gasteiger partial charge in [-0.25, -0.2) is 4.79 Å². The molecule has 0 unspecified atom stereocenters. The number of methoxy groups -OCH3 is 1. The molecule has 0 saturated heterocycles. The lowest BCUT2D eigenvalue weighted by Crippen LogP contribution is -2.21. The lowest BCUT2D eigenvalue weighted by atomic mass is 10.1. The van der Waals surface area contributed by atoms with Crippen molar-refractivity contribution in [1.82, 2.24) is 0 Å². The molecule has 0 radical (unpaired) electrons. The Morgan fingerprint density at radius 1 is 1.22 bits per heavy atom. The minimum absolute atomic E-state index is 0.272. The first-order valence-corrected chi connectivity index (χ1v) is 6.59. The lowest BCUT2D eigenvalue weighted by Gasteiger charge is -2.21. The van der Waals surface area contributed by atoms with Crippen LogP contribution in [0.5, 0.6) is 0 Å². The van der Waals surface area contributed by atoms with Crippen LogP contribution in [-0.2, 0) is 4.74 Å². The Balaban J connectivity index is 2.66. The highest BCUT2D eigenvalue weighted by atomic mass is 16.5. The number of anilines is 1. The van der Waals surface area contributed by atoms with E-state index in [1.165, 1.54) is 26.4 Å². The molecule has 0 saturated carbocycles. The van der Waals surface area contributed by atoms with Crippen molar-refractivity contribution in [1.29, 1.82) is 0 Å². The van der Waals surface area contributed by atoms with E-state index < -0.39 is 0 Å². The summed E-state index contributed by atoms with van der Waals surface area (Å²) in [6.45, 7) is 3.17. The highest BCUT2D eigenvalue weighted by molar-refractivity contribution is 5.95. The maximum absolute atomic E-state index is 11.7. The molecular weight excluding hydrogens is 226 g/mol. The minimum Gasteiger partial charge on any atom is -0.465 e. The smallest absolute Gasteiger partial charge is 0.339 e. The van der Waals surface area contributed by atoms with Crippen molar-refractivity contribution < 1.29 is 9.53 Å². The predicted octanol–water partition coefficient (Wildman–Crippen LogP) is 3.49. The van der Waals surface area contributed by atoms with Gasteiger partial charge in [0.2, 0.25) is 0 Å². The highest BCUT2D eigenvalue weighted by Gasteiger charge is 2.13. The van der Waals surface area contributed by atoms with Gasteiger partial charge >= 0.3 is 5.97 Å². The summed E-state index contributed by atoms with van der Waals surface area (Å²) in [5, 5.41) is 0.